The predicted octanol–water partition coefficient (Wildman–Crippen LogP) is 5.33. The predicted molar refractivity (Wildman–Crippen MR) is 101 cm³/mol. The van der Waals surface area contributed by atoms with Crippen molar-refractivity contribution in [2.24, 2.45) is 29.6 Å². The molecule has 0 saturated heterocycles. The maximum Gasteiger partial charge on any atom is 0.305 e. The van der Waals surface area contributed by atoms with Crippen molar-refractivity contribution in [2.75, 3.05) is 7.11 Å². The zero-order valence-corrected chi connectivity index (χ0v) is 16.3. The van der Waals surface area contributed by atoms with Crippen molar-refractivity contribution < 1.29 is 14.3 Å². The van der Waals surface area contributed by atoms with Gasteiger partial charge in [-0.2, -0.15) is 0 Å². The summed E-state index contributed by atoms with van der Waals surface area (Å²) >= 11 is 0. The largest absolute Gasteiger partial charge is 0.469 e. The lowest BCUT2D eigenvalue weighted by molar-refractivity contribution is -0.140. The number of unbranched alkanes of at least 4 members (excludes halogenated alkanes) is 4. The molecule has 0 spiro atoms. The van der Waals surface area contributed by atoms with E-state index in [0.717, 1.165) is 38.5 Å². The maximum absolute atomic E-state index is 12.2. The van der Waals surface area contributed by atoms with Gasteiger partial charge in [0.2, 0.25) is 0 Å². The second kappa shape index (κ2) is 10.1. The number of hydrogen-bond acceptors (Lipinski definition) is 3. The van der Waals surface area contributed by atoms with Crippen LogP contribution in [0.2, 0.25) is 0 Å². The van der Waals surface area contributed by atoms with Gasteiger partial charge in [0.15, 0.2) is 0 Å². The molecule has 142 valence electrons. The van der Waals surface area contributed by atoms with Crippen LogP contribution in [-0.2, 0) is 14.3 Å². The Labute approximate surface area is 153 Å². The molecule has 0 aromatic rings. The first kappa shape index (κ1) is 20.2. The molecule has 25 heavy (non-hydrogen) atoms. The number of fused-ring (bicyclic) bond motifs is 1. The summed E-state index contributed by atoms with van der Waals surface area (Å²) in [6.07, 6.45) is 15.2. The minimum absolute atomic E-state index is 0.116. The van der Waals surface area contributed by atoms with Gasteiger partial charge in [-0.1, -0.05) is 58.1 Å². The Bertz CT molecular complexity index is 468. The number of ether oxygens (including phenoxy) is 1. The number of methoxy groups -OCH3 is 1. The molecule has 0 aliphatic heterocycles. The monoisotopic (exact) mass is 348 g/mol. The first-order valence-electron chi connectivity index (χ1n) is 10.4. The van der Waals surface area contributed by atoms with E-state index in [0.29, 0.717) is 41.8 Å². The van der Waals surface area contributed by atoms with E-state index < -0.39 is 0 Å². The zero-order valence-electron chi connectivity index (χ0n) is 16.3. The molecule has 2 saturated carbocycles. The fraction of sp³-hybridized carbons (Fsp3) is 0.818. The molecule has 4 unspecified atom stereocenters. The van der Waals surface area contributed by atoms with Gasteiger partial charge in [0.25, 0.3) is 0 Å². The summed E-state index contributed by atoms with van der Waals surface area (Å²) in [5.41, 5.74) is 0. The van der Waals surface area contributed by atoms with Gasteiger partial charge < -0.3 is 4.74 Å². The van der Waals surface area contributed by atoms with Crippen molar-refractivity contribution >= 4 is 11.8 Å². The van der Waals surface area contributed by atoms with E-state index in [1.807, 2.05) is 0 Å². The van der Waals surface area contributed by atoms with Crippen LogP contribution in [0.5, 0.6) is 0 Å². The van der Waals surface area contributed by atoms with Gasteiger partial charge in [-0.05, 0) is 42.9 Å². The Kier molecular flexibility index (Phi) is 8.18. The summed E-state index contributed by atoms with van der Waals surface area (Å²) in [7, 11) is 1.44. The highest BCUT2D eigenvalue weighted by Crippen LogP contribution is 2.60. The van der Waals surface area contributed by atoms with Crippen LogP contribution in [0.25, 0.3) is 0 Å². The molecule has 0 amide bonds. The molecule has 2 fully saturated rings. The second-order valence-corrected chi connectivity index (χ2v) is 8.13. The van der Waals surface area contributed by atoms with Crippen molar-refractivity contribution in [1.82, 2.24) is 0 Å². The number of ketones is 1. The number of carbonyl (C=O) groups excluding carboxylic acids is 2. The molecule has 2 aliphatic carbocycles. The first-order chi connectivity index (χ1) is 12.1. The van der Waals surface area contributed by atoms with Crippen molar-refractivity contribution in [1.29, 1.82) is 0 Å². The van der Waals surface area contributed by atoms with Crippen LogP contribution in [0.1, 0.15) is 78.1 Å². The van der Waals surface area contributed by atoms with Gasteiger partial charge in [0.05, 0.1) is 7.11 Å². The second-order valence-electron chi connectivity index (χ2n) is 8.13. The normalized spacial score (nSPS) is 29.0. The maximum atomic E-state index is 12.2. The number of Topliss-reactive ketones (excluding diaryl/α,β-unsaturated/α-hetero) is 1. The van der Waals surface area contributed by atoms with Crippen LogP contribution in [0, 0.1) is 29.6 Å². The van der Waals surface area contributed by atoms with Crippen molar-refractivity contribution in [3.8, 4) is 0 Å². The van der Waals surface area contributed by atoms with E-state index in [2.05, 4.69) is 30.7 Å². The number of allylic oxidation sites excluding steroid dienone is 2. The summed E-state index contributed by atoms with van der Waals surface area (Å²) in [6.45, 7) is 4.55. The highest BCUT2D eigenvalue weighted by atomic mass is 16.5. The standard InChI is InChI=1S/C22H36O3/c1-4-5-10-16(2)13-14-17-19-15-20(23)18(22(17)19)11-8-6-7-9-12-21(24)25-3/h13-14,16-19,22H,4-12,15H2,1-3H3/b14-13+/t16?,17?,18-,19?,22?/m1/s1. The molecule has 0 N–H and O–H groups in total. The van der Waals surface area contributed by atoms with Crippen LogP contribution in [0.15, 0.2) is 12.2 Å². The molecular formula is C22H36O3. The molecule has 0 aromatic carbocycles. The van der Waals surface area contributed by atoms with Crippen LogP contribution >= 0.6 is 0 Å². The average molecular weight is 349 g/mol. The smallest absolute Gasteiger partial charge is 0.305 e. The third-order valence-electron chi connectivity index (χ3n) is 6.16. The molecule has 0 aromatic heterocycles. The van der Waals surface area contributed by atoms with Crippen LogP contribution in [-0.4, -0.2) is 18.9 Å². The van der Waals surface area contributed by atoms with Crippen LogP contribution < -0.4 is 0 Å². The van der Waals surface area contributed by atoms with Gasteiger partial charge in [0.1, 0.15) is 5.78 Å². The third-order valence-corrected chi connectivity index (χ3v) is 6.16. The number of rotatable bonds is 12. The van der Waals surface area contributed by atoms with E-state index >= 15 is 0 Å². The lowest BCUT2D eigenvalue weighted by Crippen LogP contribution is -2.13. The third kappa shape index (κ3) is 5.97. The van der Waals surface area contributed by atoms with Crippen molar-refractivity contribution in [3.05, 3.63) is 12.2 Å². The summed E-state index contributed by atoms with van der Waals surface area (Å²) in [5, 5.41) is 0. The van der Waals surface area contributed by atoms with Crippen molar-refractivity contribution in [2.45, 2.75) is 78.1 Å². The minimum Gasteiger partial charge on any atom is -0.469 e. The Hall–Kier alpha value is -1.12. The molecule has 0 radical (unpaired) electrons. The molecule has 3 nitrogen and oxygen atoms in total. The molecule has 3 heteroatoms. The molecule has 0 heterocycles. The molecule has 0 bridgehead atoms. The average Bonchev–Trinajstić information content (AvgIpc) is 3.17. The summed E-state index contributed by atoms with van der Waals surface area (Å²) < 4.78 is 4.65. The molecule has 5 atom stereocenters. The molecule has 2 aliphatic rings. The van der Waals surface area contributed by atoms with Gasteiger partial charge in [-0.25, -0.2) is 0 Å². The topological polar surface area (TPSA) is 43.4 Å². The first-order valence-corrected chi connectivity index (χ1v) is 10.4. The van der Waals surface area contributed by atoms with E-state index in [-0.39, 0.29) is 5.97 Å². The van der Waals surface area contributed by atoms with Crippen LogP contribution in [0.4, 0.5) is 0 Å². The highest BCUT2D eigenvalue weighted by Gasteiger charge is 2.59. The van der Waals surface area contributed by atoms with Crippen LogP contribution in [0.3, 0.4) is 0 Å². The van der Waals surface area contributed by atoms with Gasteiger partial charge >= 0.3 is 5.97 Å². The van der Waals surface area contributed by atoms with E-state index in [1.54, 1.807) is 0 Å². The number of esters is 1. The lowest BCUT2D eigenvalue weighted by atomic mass is 9.92. The molecule has 2 rings (SSSR count). The number of carbonyl (C=O) groups is 2. The van der Waals surface area contributed by atoms with Gasteiger partial charge in [0, 0.05) is 18.8 Å². The Balaban J connectivity index is 1.64. The van der Waals surface area contributed by atoms with E-state index in [4.69, 9.17) is 0 Å². The molecular weight excluding hydrogens is 312 g/mol. The SMILES string of the molecule is CCCCC(C)/C=C/C1C2CC(=O)[C@@H](CCCCCCC(=O)OC)C12. The lowest BCUT2D eigenvalue weighted by Gasteiger charge is -2.12. The van der Waals surface area contributed by atoms with E-state index in [1.165, 1.54) is 26.4 Å². The zero-order chi connectivity index (χ0) is 18.2. The van der Waals surface area contributed by atoms with E-state index in [9.17, 15) is 9.59 Å². The van der Waals surface area contributed by atoms with Gasteiger partial charge in [-0.15, -0.1) is 0 Å². The van der Waals surface area contributed by atoms with Gasteiger partial charge in [-0.3, -0.25) is 9.59 Å². The quantitative estimate of drug-likeness (QED) is 0.272. The fourth-order valence-electron chi connectivity index (χ4n) is 4.52. The summed E-state index contributed by atoms with van der Waals surface area (Å²) in [5.74, 6) is 3.33. The Morgan fingerprint density at radius 2 is 2.00 bits per heavy atom. The summed E-state index contributed by atoms with van der Waals surface area (Å²) in [6, 6.07) is 0. The minimum atomic E-state index is -0.116. The Morgan fingerprint density at radius 1 is 1.24 bits per heavy atom. The number of hydrogen-bond donors (Lipinski definition) is 0. The fourth-order valence-corrected chi connectivity index (χ4v) is 4.52. The highest BCUT2D eigenvalue weighted by molar-refractivity contribution is 5.85. The summed E-state index contributed by atoms with van der Waals surface area (Å²) in [4.78, 5) is 23.3. The Morgan fingerprint density at radius 3 is 2.72 bits per heavy atom. The van der Waals surface area contributed by atoms with Crippen molar-refractivity contribution in [3.63, 3.8) is 0 Å².